The van der Waals surface area contributed by atoms with Crippen LogP contribution >= 0.6 is 0 Å². The molecule has 1 fully saturated rings. The summed E-state index contributed by atoms with van der Waals surface area (Å²) in [7, 11) is 1.67. The van der Waals surface area contributed by atoms with Gasteiger partial charge in [-0.05, 0) is 13.0 Å². The van der Waals surface area contributed by atoms with Gasteiger partial charge in [0.15, 0.2) is 0 Å². The molecule has 1 aliphatic rings. The van der Waals surface area contributed by atoms with E-state index in [1.54, 1.807) is 7.11 Å². The molecule has 1 amide bonds. The van der Waals surface area contributed by atoms with Crippen LogP contribution in [0.5, 0.6) is 5.75 Å². The van der Waals surface area contributed by atoms with E-state index in [1.807, 2.05) is 17.0 Å². The summed E-state index contributed by atoms with van der Waals surface area (Å²) in [5.41, 5.74) is 2.26. The maximum absolute atomic E-state index is 11.9. The Bertz CT molecular complexity index is 432. The van der Waals surface area contributed by atoms with Crippen LogP contribution in [-0.2, 0) is 11.3 Å². The molecule has 1 heterocycles. The number of carbonyl (C=O) groups is 1. The number of methoxy groups -OCH3 is 1. The minimum atomic E-state index is 0.212. The van der Waals surface area contributed by atoms with Gasteiger partial charge in [0.05, 0.1) is 7.11 Å². The summed E-state index contributed by atoms with van der Waals surface area (Å²) < 4.78 is 5.35. The highest BCUT2D eigenvalue weighted by atomic mass is 16.5. The van der Waals surface area contributed by atoms with Gasteiger partial charge in [-0.15, -0.1) is 0 Å². The molecular formula is C14H20N2O2. The summed E-state index contributed by atoms with van der Waals surface area (Å²) in [5.74, 6) is 1.06. The maximum Gasteiger partial charge on any atom is 0.224 e. The summed E-state index contributed by atoms with van der Waals surface area (Å²) in [5, 5.41) is 3.24. The molecule has 0 atom stereocenters. The summed E-state index contributed by atoms with van der Waals surface area (Å²) in [4.78, 5) is 13.8. The third kappa shape index (κ3) is 3.01. The second-order valence-corrected chi connectivity index (χ2v) is 4.63. The maximum atomic E-state index is 11.9. The Morgan fingerprint density at radius 1 is 1.39 bits per heavy atom. The van der Waals surface area contributed by atoms with Gasteiger partial charge in [0.25, 0.3) is 0 Å². The molecule has 0 bridgehead atoms. The van der Waals surface area contributed by atoms with Gasteiger partial charge >= 0.3 is 0 Å². The molecule has 1 N–H and O–H groups in total. The van der Waals surface area contributed by atoms with Gasteiger partial charge < -0.3 is 15.0 Å². The van der Waals surface area contributed by atoms with Crippen molar-refractivity contribution in [2.24, 2.45) is 0 Å². The molecule has 1 aliphatic heterocycles. The monoisotopic (exact) mass is 248 g/mol. The first kappa shape index (κ1) is 12.9. The molecule has 18 heavy (non-hydrogen) atoms. The molecule has 1 aromatic carbocycles. The summed E-state index contributed by atoms with van der Waals surface area (Å²) in [6, 6.07) is 6.07. The zero-order chi connectivity index (χ0) is 13.0. The number of nitrogens with zero attached hydrogens (tertiary/aromatic N) is 1. The highest BCUT2D eigenvalue weighted by molar-refractivity contribution is 5.76. The minimum Gasteiger partial charge on any atom is -0.496 e. The van der Waals surface area contributed by atoms with Gasteiger partial charge in [-0.3, -0.25) is 4.79 Å². The van der Waals surface area contributed by atoms with E-state index in [1.165, 1.54) is 5.56 Å². The van der Waals surface area contributed by atoms with Gasteiger partial charge in [0, 0.05) is 38.2 Å². The molecule has 2 rings (SSSR count). The molecule has 98 valence electrons. The summed E-state index contributed by atoms with van der Waals surface area (Å²) >= 11 is 0. The van der Waals surface area contributed by atoms with Crippen LogP contribution in [0.3, 0.4) is 0 Å². The number of rotatable bonds is 3. The van der Waals surface area contributed by atoms with E-state index in [-0.39, 0.29) is 5.91 Å². The van der Waals surface area contributed by atoms with Gasteiger partial charge in [-0.2, -0.15) is 0 Å². The highest BCUT2D eigenvalue weighted by Gasteiger charge is 2.17. The first-order valence-corrected chi connectivity index (χ1v) is 6.32. The molecule has 4 heteroatoms. The van der Waals surface area contributed by atoms with Crippen molar-refractivity contribution < 1.29 is 9.53 Å². The largest absolute Gasteiger partial charge is 0.496 e. The van der Waals surface area contributed by atoms with Crippen molar-refractivity contribution in [3.8, 4) is 5.75 Å². The van der Waals surface area contributed by atoms with Crippen LogP contribution < -0.4 is 10.1 Å². The lowest BCUT2D eigenvalue weighted by Gasteiger charge is -2.21. The number of amides is 1. The zero-order valence-corrected chi connectivity index (χ0v) is 11.0. The van der Waals surface area contributed by atoms with E-state index >= 15 is 0 Å². The molecule has 1 saturated heterocycles. The average Bonchev–Trinajstić information content (AvgIpc) is 2.55. The van der Waals surface area contributed by atoms with Gasteiger partial charge in [-0.25, -0.2) is 0 Å². The third-order valence-electron chi connectivity index (χ3n) is 3.22. The van der Waals surface area contributed by atoms with Crippen molar-refractivity contribution in [2.45, 2.75) is 19.9 Å². The molecule has 0 aromatic heterocycles. The topological polar surface area (TPSA) is 41.6 Å². The Balaban J connectivity index is 2.16. The van der Waals surface area contributed by atoms with E-state index < -0.39 is 0 Å². The smallest absolute Gasteiger partial charge is 0.224 e. The van der Waals surface area contributed by atoms with Crippen LogP contribution in [0.4, 0.5) is 0 Å². The molecule has 0 saturated carbocycles. The van der Waals surface area contributed by atoms with Crippen LogP contribution in [0, 0.1) is 6.92 Å². The van der Waals surface area contributed by atoms with Gasteiger partial charge in [-0.1, -0.05) is 17.7 Å². The van der Waals surface area contributed by atoms with Crippen molar-refractivity contribution in [2.75, 3.05) is 26.7 Å². The fourth-order valence-electron chi connectivity index (χ4n) is 2.22. The lowest BCUT2D eigenvalue weighted by molar-refractivity contribution is -0.130. The predicted octanol–water partition coefficient (Wildman–Crippen LogP) is 1.33. The van der Waals surface area contributed by atoms with Gasteiger partial charge in [0.1, 0.15) is 5.75 Å². The van der Waals surface area contributed by atoms with Crippen molar-refractivity contribution in [3.05, 3.63) is 29.3 Å². The van der Waals surface area contributed by atoms with Crippen LogP contribution in [0.1, 0.15) is 17.5 Å². The lowest BCUT2D eigenvalue weighted by atomic mass is 10.1. The molecule has 4 nitrogen and oxygen atoms in total. The Morgan fingerprint density at radius 3 is 3.00 bits per heavy atom. The van der Waals surface area contributed by atoms with Crippen LogP contribution in [0.25, 0.3) is 0 Å². The SMILES string of the molecule is COc1ccc(C)cc1CN1CCNCCC1=O. The van der Waals surface area contributed by atoms with E-state index in [0.29, 0.717) is 13.0 Å². The minimum absolute atomic E-state index is 0.212. The number of nitrogens with one attached hydrogen (secondary N) is 1. The molecule has 0 spiro atoms. The number of hydrogen-bond donors (Lipinski definition) is 1. The third-order valence-corrected chi connectivity index (χ3v) is 3.22. The Kier molecular flexibility index (Phi) is 4.20. The predicted molar refractivity (Wildman–Crippen MR) is 70.6 cm³/mol. The summed E-state index contributed by atoms with van der Waals surface area (Å²) in [6.45, 7) is 5.08. The van der Waals surface area contributed by atoms with Crippen molar-refractivity contribution in [1.29, 1.82) is 0 Å². The Hall–Kier alpha value is -1.55. The number of aryl methyl sites for hydroxylation is 1. The normalized spacial score (nSPS) is 16.6. The fraction of sp³-hybridized carbons (Fsp3) is 0.500. The number of benzene rings is 1. The first-order chi connectivity index (χ1) is 8.70. The molecule has 0 aliphatic carbocycles. The van der Waals surface area contributed by atoms with Crippen molar-refractivity contribution in [1.82, 2.24) is 10.2 Å². The van der Waals surface area contributed by atoms with Crippen molar-refractivity contribution in [3.63, 3.8) is 0 Å². The quantitative estimate of drug-likeness (QED) is 0.877. The number of ether oxygens (including phenoxy) is 1. The Labute approximate surface area is 108 Å². The van der Waals surface area contributed by atoms with Crippen molar-refractivity contribution >= 4 is 5.91 Å². The van der Waals surface area contributed by atoms with E-state index in [4.69, 9.17) is 4.74 Å². The summed E-state index contributed by atoms with van der Waals surface area (Å²) in [6.07, 6.45) is 0.578. The fourth-order valence-corrected chi connectivity index (χ4v) is 2.22. The average molecular weight is 248 g/mol. The molecular weight excluding hydrogens is 228 g/mol. The number of carbonyl (C=O) groups excluding carboxylic acids is 1. The van der Waals surface area contributed by atoms with Crippen LogP contribution in [0.2, 0.25) is 0 Å². The highest BCUT2D eigenvalue weighted by Crippen LogP contribution is 2.21. The molecule has 1 aromatic rings. The lowest BCUT2D eigenvalue weighted by Crippen LogP contribution is -2.32. The van der Waals surface area contributed by atoms with E-state index in [0.717, 1.165) is 30.9 Å². The van der Waals surface area contributed by atoms with Gasteiger partial charge in [0.2, 0.25) is 5.91 Å². The molecule has 0 unspecified atom stereocenters. The van der Waals surface area contributed by atoms with E-state index in [2.05, 4.69) is 18.3 Å². The zero-order valence-electron chi connectivity index (χ0n) is 11.0. The van der Waals surface area contributed by atoms with E-state index in [9.17, 15) is 4.79 Å². The Morgan fingerprint density at radius 2 is 2.22 bits per heavy atom. The second-order valence-electron chi connectivity index (χ2n) is 4.63. The second kappa shape index (κ2) is 5.87. The van der Waals surface area contributed by atoms with Crippen LogP contribution in [0.15, 0.2) is 18.2 Å². The number of hydrogen-bond acceptors (Lipinski definition) is 3. The first-order valence-electron chi connectivity index (χ1n) is 6.32. The standard InChI is InChI=1S/C14H20N2O2/c1-11-3-4-13(18-2)12(9-11)10-16-8-7-15-6-5-14(16)17/h3-4,9,15H,5-8,10H2,1-2H3. The van der Waals surface area contributed by atoms with Crippen LogP contribution in [-0.4, -0.2) is 37.6 Å². The molecule has 0 radical (unpaired) electrons.